The number of nitrogens with one attached hydrogen (secondary N) is 1. The number of halogens is 1. The molecule has 1 N–H and O–H groups in total. The second-order valence-electron chi connectivity index (χ2n) is 5.71. The van der Waals surface area contributed by atoms with Gasteiger partial charge >= 0.3 is 0 Å². The van der Waals surface area contributed by atoms with Gasteiger partial charge in [-0.15, -0.1) is 0 Å². The van der Waals surface area contributed by atoms with Crippen LogP contribution in [0.25, 0.3) is 0 Å². The molecule has 1 saturated heterocycles. The second-order valence-corrected chi connectivity index (χ2v) is 6.62. The topological polar surface area (TPSA) is 32.3 Å². The van der Waals surface area contributed by atoms with Gasteiger partial charge in [0.05, 0.1) is 5.41 Å². The molecule has 1 fully saturated rings. The Labute approximate surface area is 129 Å². The fourth-order valence-corrected chi connectivity index (χ4v) is 3.44. The average Bonchev–Trinajstić information content (AvgIpc) is 2.47. The highest BCUT2D eigenvalue weighted by atomic mass is 79.9. The quantitative estimate of drug-likeness (QED) is 0.914. The third kappa shape index (κ3) is 3.41. The predicted molar refractivity (Wildman–Crippen MR) is 85.4 cm³/mol. The maximum Gasteiger partial charge on any atom is 0.230 e. The summed E-state index contributed by atoms with van der Waals surface area (Å²) in [6.07, 6.45) is 2.99. The first-order valence-electron chi connectivity index (χ1n) is 7.28. The highest BCUT2D eigenvalue weighted by Crippen LogP contribution is 2.32. The van der Waals surface area contributed by atoms with Crippen LogP contribution in [0.4, 0.5) is 0 Å². The molecule has 0 saturated carbocycles. The largest absolute Gasteiger partial charge is 0.341 e. The molecule has 0 aromatic heterocycles. The van der Waals surface area contributed by atoms with Gasteiger partial charge < -0.3 is 10.2 Å². The van der Waals surface area contributed by atoms with E-state index in [1.165, 1.54) is 0 Å². The van der Waals surface area contributed by atoms with E-state index in [0.717, 1.165) is 42.4 Å². The van der Waals surface area contributed by atoms with E-state index in [9.17, 15) is 4.79 Å². The summed E-state index contributed by atoms with van der Waals surface area (Å²) in [6.45, 7) is 4.63. The minimum atomic E-state index is -0.209. The summed E-state index contributed by atoms with van der Waals surface area (Å²) in [4.78, 5) is 14.7. The van der Waals surface area contributed by atoms with E-state index < -0.39 is 0 Å². The molecule has 1 aliphatic rings. The number of hydrogen-bond donors (Lipinski definition) is 1. The molecule has 1 heterocycles. The first kappa shape index (κ1) is 15.5. The number of nitrogens with zero attached hydrogens (tertiary/aromatic N) is 1. The van der Waals surface area contributed by atoms with Crippen LogP contribution in [0.5, 0.6) is 0 Å². The Morgan fingerprint density at radius 3 is 2.90 bits per heavy atom. The van der Waals surface area contributed by atoms with E-state index in [4.69, 9.17) is 0 Å². The zero-order valence-corrected chi connectivity index (χ0v) is 13.9. The predicted octanol–water partition coefficient (Wildman–Crippen LogP) is 3.19. The molecule has 0 radical (unpaired) electrons. The highest BCUT2D eigenvalue weighted by Gasteiger charge is 2.39. The Morgan fingerprint density at radius 1 is 1.50 bits per heavy atom. The van der Waals surface area contributed by atoms with Crippen LogP contribution in [0, 0.1) is 5.41 Å². The molecule has 1 unspecified atom stereocenters. The normalized spacial score (nSPS) is 22.6. The molecule has 20 heavy (non-hydrogen) atoms. The lowest BCUT2D eigenvalue weighted by molar-refractivity contribution is -0.142. The van der Waals surface area contributed by atoms with Crippen molar-refractivity contribution in [3.05, 3.63) is 34.3 Å². The molecule has 2 rings (SSSR count). The first-order chi connectivity index (χ1) is 9.57. The molecule has 0 spiro atoms. The fourth-order valence-electron chi connectivity index (χ4n) is 2.99. The van der Waals surface area contributed by atoms with Gasteiger partial charge in [-0.2, -0.15) is 0 Å². The summed E-state index contributed by atoms with van der Waals surface area (Å²) in [5, 5.41) is 3.38. The molecule has 1 aliphatic heterocycles. The number of benzene rings is 1. The summed E-state index contributed by atoms with van der Waals surface area (Å²) in [7, 11) is 1.91. The van der Waals surface area contributed by atoms with Crippen LogP contribution in [0.2, 0.25) is 0 Å². The Balaban J connectivity index is 2.07. The van der Waals surface area contributed by atoms with Crippen LogP contribution in [0.1, 0.15) is 31.7 Å². The molecular weight excluding hydrogens is 316 g/mol. The standard InChI is InChI=1S/C16H23BrN2O/c1-3-16(8-5-9-18-12-16)15(20)19(2)11-13-6-4-7-14(17)10-13/h4,6-7,10,18H,3,5,8-9,11-12H2,1-2H3. The minimum Gasteiger partial charge on any atom is -0.341 e. The van der Waals surface area contributed by atoms with Gasteiger partial charge in [-0.05, 0) is 43.5 Å². The second kappa shape index (κ2) is 6.72. The van der Waals surface area contributed by atoms with Crippen molar-refractivity contribution in [2.24, 2.45) is 5.41 Å². The van der Waals surface area contributed by atoms with Crippen LogP contribution < -0.4 is 5.32 Å². The lowest BCUT2D eigenvalue weighted by Crippen LogP contribution is -2.50. The molecule has 0 aliphatic carbocycles. The van der Waals surface area contributed by atoms with Gasteiger partial charge in [0.2, 0.25) is 5.91 Å². The van der Waals surface area contributed by atoms with Gasteiger partial charge in [-0.3, -0.25) is 4.79 Å². The summed E-state index contributed by atoms with van der Waals surface area (Å²) in [6, 6.07) is 8.15. The monoisotopic (exact) mass is 338 g/mol. The molecule has 1 amide bonds. The van der Waals surface area contributed by atoms with Crippen molar-refractivity contribution >= 4 is 21.8 Å². The van der Waals surface area contributed by atoms with Crippen molar-refractivity contribution in [1.29, 1.82) is 0 Å². The van der Waals surface area contributed by atoms with Gasteiger partial charge in [-0.1, -0.05) is 35.0 Å². The summed E-state index contributed by atoms with van der Waals surface area (Å²) in [5.74, 6) is 0.271. The third-order valence-corrected chi connectivity index (χ3v) is 4.75. The van der Waals surface area contributed by atoms with Crippen LogP contribution in [0.3, 0.4) is 0 Å². The Kier molecular flexibility index (Phi) is 5.22. The average molecular weight is 339 g/mol. The summed E-state index contributed by atoms with van der Waals surface area (Å²) >= 11 is 3.48. The van der Waals surface area contributed by atoms with Crippen molar-refractivity contribution in [2.75, 3.05) is 20.1 Å². The molecule has 4 heteroatoms. The van der Waals surface area contributed by atoms with Crippen LogP contribution in [0.15, 0.2) is 28.7 Å². The van der Waals surface area contributed by atoms with E-state index in [-0.39, 0.29) is 11.3 Å². The molecule has 3 nitrogen and oxygen atoms in total. The van der Waals surface area contributed by atoms with Gasteiger partial charge in [0.1, 0.15) is 0 Å². The van der Waals surface area contributed by atoms with Gasteiger partial charge in [-0.25, -0.2) is 0 Å². The van der Waals surface area contributed by atoms with Gasteiger partial charge in [0, 0.05) is 24.6 Å². The minimum absolute atomic E-state index is 0.209. The molecule has 0 bridgehead atoms. The van der Waals surface area contributed by atoms with E-state index in [1.54, 1.807) is 0 Å². The number of rotatable bonds is 4. The number of carbonyl (C=O) groups excluding carboxylic acids is 1. The molecular formula is C16H23BrN2O. The summed E-state index contributed by atoms with van der Waals surface area (Å²) in [5.41, 5.74) is 0.948. The lowest BCUT2D eigenvalue weighted by Gasteiger charge is -2.38. The van der Waals surface area contributed by atoms with Crippen molar-refractivity contribution < 1.29 is 4.79 Å². The van der Waals surface area contributed by atoms with Crippen molar-refractivity contribution in [1.82, 2.24) is 10.2 Å². The van der Waals surface area contributed by atoms with E-state index in [2.05, 4.69) is 40.3 Å². The maximum atomic E-state index is 12.8. The number of hydrogen-bond acceptors (Lipinski definition) is 2. The van der Waals surface area contributed by atoms with Gasteiger partial charge in [0.15, 0.2) is 0 Å². The number of amides is 1. The third-order valence-electron chi connectivity index (χ3n) is 4.26. The number of piperidine rings is 1. The zero-order valence-electron chi connectivity index (χ0n) is 12.3. The number of carbonyl (C=O) groups is 1. The van der Waals surface area contributed by atoms with E-state index in [1.807, 2.05) is 24.1 Å². The lowest BCUT2D eigenvalue weighted by atomic mass is 9.77. The molecule has 110 valence electrons. The fraction of sp³-hybridized carbons (Fsp3) is 0.562. The highest BCUT2D eigenvalue weighted by molar-refractivity contribution is 9.10. The maximum absolute atomic E-state index is 12.8. The zero-order chi connectivity index (χ0) is 14.6. The Bertz CT molecular complexity index is 469. The van der Waals surface area contributed by atoms with E-state index in [0.29, 0.717) is 6.54 Å². The summed E-state index contributed by atoms with van der Waals surface area (Å²) < 4.78 is 1.06. The van der Waals surface area contributed by atoms with Crippen LogP contribution >= 0.6 is 15.9 Å². The Morgan fingerprint density at radius 2 is 2.30 bits per heavy atom. The van der Waals surface area contributed by atoms with Crippen molar-refractivity contribution in [2.45, 2.75) is 32.7 Å². The first-order valence-corrected chi connectivity index (χ1v) is 8.07. The molecule has 1 atom stereocenters. The van der Waals surface area contributed by atoms with Crippen molar-refractivity contribution in [3.8, 4) is 0 Å². The smallest absolute Gasteiger partial charge is 0.230 e. The molecule has 1 aromatic carbocycles. The SMILES string of the molecule is CCC1(C(=O)N(C)Cc2cccc(Br)c2)CCCNC1. The van der Waals surface area contributed by atoms with Crippen LogP contribution in [-0.4, -0.2) is 30.9 Å². The van der Waals surface area contributed by atoms with Gasteiger partial charge in [0.25, 0.3) is 0 Å². The Hall–Kier alpha value is -0.870. The van der Waals surface area contributed by atoms with Crippen molar-refractivity contribution in [3.63, 3.8) is 0 Å². The molecule has 1 aromatic rings. The van der Waals surface area contributed by atoms with Crippen LogP contribution in [-0.2, 0) is 11.3 Å². The van der Waals surface area contributed by atoms with E-state index >= 15 is 0 Å².